The van der Waals surface area contributed by atoms with Gasteiger partial charge in [0, 0.05) is 11.0 Å². The Morgan fingerprint density at radius 1 is 1.15 bits per heavy atom. The second-order valence-corrected chi connectivity index (χ2v) is 5.54. The monoisotopic (exact) mass is 331 g/mol. The fraction of sp³-hybridized carbons (Fsp3) is 0.188. The SMILES string of the molecule is O=C(OCc1ccccc1)N1CCc2cccc(Br)c21. The normalized spacial score (nSPS) is 13.2. The second kappa shape index (κ2) is 5.67. The predicted molar refractivity (Wildman–Crippen MR) is 81.8 cm³/mol. The number of nitrogens with zero attached hydrogens (tertiary/aromatic N) is 1. The number of rotatable bonds is 2. The first kappa shape index (κ1) is 13.2. The molecular weight excluding hydrogens is 318 g/mol. The van der Waals surface area contributed by atoms with Crippen LogP contribution in [0.2, 0.25) is 0 Å². The number of benzene rings is 2. The highest BCUT2D eigenvalue weighted by molar-refractivity contribution is 9.10. The Kier molecular flexibility index (Phi) is 3.74. The molecule has 1 aliphatic heterocycles. The lowest BCUT2D eigenvalue weighted by Gasteiger charge is -2.18. The van der Waals surface area contributed by atoms with Crippen LogP contribution in [-0.4, -0.2) is 12.6 Å². The van der Waals surface area contributed by atoms with Crippen molar-refractivity contribution in [3.8, 4) is 0 Å². The van der Waals surface area contributed by atoms with E-state index in [-0.39, 0.29) is 6.09 Å². The van der Waals surface area contributed by atoms with Crippen LogP contribution in [-0.2, 0) is 17.8 Å². The van der Waals surface area contributed by atoms with Crippen molar-refractivity contribution in [1.82, 2.24) is 0 Å². The average Bonchev–Trinajstić information content (AvgIpc) is 2.91. The van der Waals surface area contributed by atoms with Gasteiger partial charge >= 0.3 is 6.09 Å². The number of amides is 1. The summed E-state index contributed by atoms with van der Waals surface area (Å²) in [7, 11) is 0. The van der Waals surface area contributed by atoms with Gasteiger partial charge in [0.2, 0.25) is 0 Å². The van der Waals surface area contributed by atoms with E-state index in [9.17, 15) is 4.79 Å². The third kappa shape index (κ3) is 2.56. The standard InChI is InChI=1S/C16H14BrNO2/c17-14-8-4-7-13-9-10-18(15(13)14)16(19)20-11-12-5-2-1-3-6-12/h1-8H,9-11H2. The van der Waals surface area contributed by atoms with E-state index < -0.39 is 0 Å². The molecule has 0 bridgehead atoms. The van der Waals surface area contributed by atoms with Crippen molar-refractivity contribution in [3.05, 3.63) is 64.1 Å². The minimum atomic E-state index is -0.292. The molecule has 3 nitrogen and oxygen atoms in total. The highest BCUT2D eigenvalue weighted by Crippen LogP contribution is 2.35. The van der Waals surface area contributed by atoms with Crippen LogP contribution in [0.15, 0.2) is 53.0 Å². The molecule has 0 radical (unpaired) electrons. The molecule has 0 saturated heterocycles. The zero-order chi connectivity index (χ0) is 13.9. The molecule has 0 spiro atoms. The number of ether oxygens (including phenoxy) is 1. The van der Waals surface area contributed by atoms with E-state index in [2.05, 4.69) is 15.9 Å². The summed E-state index contributed by atoms with van der Waals surface area (Å²) in [5.41, 5.74) is 3.11. The van der Waals surface area contributed by atoms with Gasteiger partial charge in [0.1, 0.15) is 6.61 Å². The third-order valence-electron chi connectivity index (χ3n) is 3.37. The van der Waals surface area contributed by atoms with Gasteiger partial charge < -0.3 is 4.74 Å². The van der Waals surface area contributed by atoms with E-state index in [0.717, 1.165) is 22.1 Å². The van der Waals surface area contributed by atoms with Crippen LogP contribution in [0.1, 0.15) is 11.1 Å². The lowest BCUT2D eigenvalue weighted by molar-refractivity contribution is 0.147. The van der Waals surface area contributed by atoms with E-state index >= 15 is 0 Å². The molecule has 0 atom stereocenters. The molecule has 4 heteroatoms. The fourth-order valence-corrected chi connectivity index (χ4v) is 3.01. The summed E-state index contributed by atoms with van der Waals surface area (Å²) < 4.78 is 6.32. The summed E-state index contributed by atoms with van der Waals surface area (Å²) in [6.45, 7) is 0.974. The quantitative estimate of drug-likeness (QED) is 0.827. The minimum absolute atomic E-state index is 0.292. The van der Waals surface area contributed by atoms with Gasteiger partial charge in [-0.3, -0.25) is 4.90 Å². The van der Waals surface area contributed by atoms with E-state index in [1.54, 1.807) is 4.90 Å². The van der Waals surface area contributed by atoms with Crippen molar-refractivity contribution in [2.45, 2.75) is 13.0 Å². The molecule has 1 heterocycles. The molecule has 102 valence electrons. The molecule has 1 amide bonds. The molecule has 20 heavy (non-hydrogen) atoms. The van der Waals surface area contributed by atoms with Crippen LogP contribution >= 0.6 is 15.9 Å². The number of halogens is 1. The first-order chi connectivity index (χ1) is 9.75. The molecule has 1 aliphatic rings. The van der Waals surface area contributed by atoms with Gasteiger partial charge in [0.05, 0.1) is 5.69 Å². The third-order valence-corrected chi connectivity index (χ3v) is 4.01. The number of para-hydroxylation sites is 1. The number of hydrogen-bond donors (Lipinski definition) is 0. The second-order valence-electron chi connectivity index (χ2n) is 4.69. The van der Waals surface area contributed by atoms with Gasteiger partial charge in [-0.2, -0.15) is 0 Å². The lowest BCUT2D eigenvalue weighted by Crippen LogP contribution is -2.29. The summed E-state index contributed by atoms with van der Waals surface area (Å²) in [6.07, 6.45) is 0.578. The van der Waals surface area contributed by atoms with Crippen molar-refractivity contribution >= 4 is 27.7 Å². The van der Waals surface area contributed by atoms with Gasteiger partial charge in [0.25, 0.3) is 0 Å². The largest absolute Gasteiger partial charge is 0.444 e. The van der Waals surface area contributed by atoms with Gasteiger partial charge in [-0.25, -0.2) is 4.79 Å². The smallest absolute Gasteiger partial charge is 0.414 e. The van der Waals surface area contributed by atoms with Gasteiger partial charge in [-0.15, -0.1) is 0 Å². The van der Waals surface area contributed by atoms with Gasteiger partial charge in [-0.1, -0.05) is 42.5 Å². The van der Waals surface area contributed by atoms with Crippen molar-refractivity contribution in [1.29, 1.82) is 0 Å². The number of anilines is 1. The Morgan fingerprint density at radius 2 is 1.95 bits per heavy atom. The molecule has 0 fully saturated rings. The summed E-state index contributed by atoms with van der Waals surface area (Å²) in [6, 6.07) is 15.7. The number of carbonyl (C=O) groups is 1. The number of fused-ring (bicyclic) bond motifs is 1. The summed E-state index contributed by atoms with van der Waals surface area (Å²) in [5, 5.41) is 0. The molecule has 0 N–H and O–H groups in total. The Hall–Kier alpha value is -1.81. The highest BCUT2D eigenvalue weighted by atomic mass is 79.9. The molecule has 0 aromatic heterocycles. The fourth-order valence-electron chi connectivity index (χ4n) is 2.39. The van der Waals surface area contributed by atoms with Crippen LogP contribution in [0.25, 0.3) is 0 Å². The summed E-state index contributed by atoms with van der Waals surface area (Å²) in [5.74, 6) is 0. The van der Waals surface area contributed by atoms with Gasteiger partial charge in [0.15, 0.2) is 0 Å². The van der Waals surface area contributed by atoms with E-state index in [0.29, 0.717) is 13.2 Å². The molecule has 0 saturated carbocycles. The topological polar surface area (TPSA) is 29.5 Å². The maximum absolute atomic E-state index is 12.2. The Labute approximate surface area is 126 Å². The summed E-state index contributed by atoms with van der Waals surface area (Å²) in [4.78, 5) is 13.9. The molecule has 0 aliphatic carbocycles. The van der Waals surface area contributed by atoms with Crippen LogP contribution in [0, 0.1) is 0 Å². The van der Waals surface area contributed by atoms with Crippen LogP contribution in [0.3, 0.4) is 0 Å². The van der Waals surface area contributed by atoms with E-state index in [1.165, 1.54) is 5.56 Å². The van der Waals surface area contributed by atoms with Gasteiger partial charge in [-0.05, 0) is 39.5 Å². The molecule has 2 aromatic carbocycles. The van der Waals surface area contributed by atoms with Crippen molar-refractivity contribution in [3.63, 3.8) is 0 Å². The van der Waals surface area contributed by atoms with Crippen molar-refractivity contribution in [2.24, 2.45) is 0 Å². The Bertz CT molecular complexity index is 628. The van der Waals surface area contributed by atoms with Crippen LogP contribution in [0.5, 0.6) is 0 Å². The zero-order valence-corrected chi connectivity index (χ0v) is 12.5. The molecule has 2 aromatic rings. The van der Waals surface area contributed by atoms with Crippen LogP contribution < -0.4 is 4.90 Å². The van der Waals surface area contributed by atoms with Crippen molar-refractivity contribution in [2.75, 3.05) is 11.4 Å². The van der Waals surface area contributed by atoms with Crippen molar-refractivity contribution < 1.29 is 9.53 Å². The summed E-state index contributed by atoms with van der Waals surface area (Å²) >= 11 is 3.50. The zero-order valence-electron chi connectivity index (χ0n) is 10.9. The number of carbonyl (C=O) groups excluding carboxylic acids is 1. The van der Waals surface area contributed by atoms with E-state index in [4.69, 9.17) is 4.74 Å². The maximum atomic E-state index is 12.2. The predicted octanol–water partition coefficient (Wildman–Crippen LogP) is 4.15. The first-order valence-electron chi connectivity index (χ1n) is 6.51. The lowest BCUT2D eigenvalue weighted by atomic mass is 10.2. The Morgan fingerprint density at radius 3 is 2.75 bits per heavy atom. The number of hydrogen-bond acceptors (Lipinski definition) is 2. The molecule has 3 rings (SSSR count). The Balaban J connectivity index is 1.71. The van der Waals surface area contributed by atoms with Crippen LogP contribution in [0.4, 0.5) is 10.5 Å². The highest BCUT2D eigenvalue weighted by Gasteiger charge is 2.27. The average molecular weight is 332 g/mol. The minimum Gasteiger partial charge on any atom is -0.444 e. The first-order valence-corrected chi connectivity index (χ1v) is 7.30. The molecular formula is C16H14BrNO2. The maximum Gasteiger partial charge on any atom is 0.414 e. The molecule has 0 unspecified atom stereocenters. The van der Waals surface area contributed by atoms with E-state index in [1.807, 2.05) is 48.5 Å².